The minimum Gasteiger partial charge on any atom is -0.489 e. The van der Waals surface area contributed by atoms with Crippen molar-refractivity contribution >= 4 is 39.9 Å². The van der Waals surface area contributed by atoms with Crippen molar-refractivity contribution in [2.24, 2.45) is 0 Å². The Balaban J connectivity index is 1.26. The molecule has 1 aromatic heterocycles. The molecule has 0 saturated heterocycles. The van der Waals surface area contributed by atoms with E-state index in [1.54, 1.807) is 55.8 Å². The van der Waals surface area contributed by atoms with Gasteiger partial charge in [-0.1, -0.05) is 18.0 Å². The molecule has 2 amide bonds. The number of aromatic nitrogens is 1. The number of urea groups is 1. The molecule has 1 aliphatic heterocycles. The molecule has 2 heterocycles. The van der Waals surface area contributed by atoms with E-state index in [4.69, 9.17) is 35.3 Å². The predicted octanol–water partition coefficient (Wildman–Crippen LogP) is 7.99. The van der Waals surface area contributed by atoms with Crippen LogP contribution in [-0.2, 0) is 4.74 Å². The Kier molecular flexibility index (Phi) is 9.84. The highest BCUT2D eigenvalue weighted by Crippen LogP contribution is 2.48. The molecule has 0 atom stereocenters. The number of carbonyl (C=O) groups excluding carboxylic acids is 1. The Labute approximate surface area is 250 Å². The van der Waals surface area contributed by atoms with Gasteiger partial charge in [0.1, 0.15) is 24.7 Å². The normalized spacial score (nSPS) is 12.2. The fourth-order valence-electron chi connectivity index (χ4n) is 4.60. The number of pyridine rings is 1. The number of anilines is 2. The Morgan fingerprint density at radius 1 is 0.881 bits per heavy atom. The average molecular weight is 592 g/mol. The molecule has 2 N–H and O–H groups in total. The summed E-state index contributed by atoms with van der Waals surface area (Å²) in [5, 5.41) is 6.98. The van der Waals surface area contributed by atoms with Gasteiger partial charge in [0.05, 0.1) is 17.5 Å². The van der Waals surface area contributed by atoms with Crippen molar-refractivity contribution in [3.63, 3.8) is 0 Å². The highest BCUT2D eigenvalue weighted by molar-refractivity contribution is 6.31. The fourth-order valence-corrected chi connectivity index (χ4v) is 4.72. The van der Waals surface area contributed by atoms with Crippen LogP contribution in [0.4, 0.5) is 16.2 Å². The molecule has 0 spiro atoms. The fraction of sp³-hybridized carbons (Fsp3) is 0.312. The molecule has 0 bridgehead atoms. The van der Waals surface area contributed by atoms with Gasteiger partial charge in [-0.3, -0.25) is 4.98 Å². The highest BCUT2D eigenvalue weighted by atomic mass is 35.5. The molecule has 0 saturated carbocycles. The van der Waals surface area contributed by atoms with Crippen LogP contribution >= 0.6 is 11.6 Å². The van der Waals surface area contributed by atoms with Crippen LogP contribution in [0.25, 0.3) is 10.9 Å². The first-order valence-corrected chi connectivity index (χ1v) is 14.3. The summed E-state index contributed by atoms with van der Waals surface area (Å²) in [5.41, 5.74) is 2.82. The number of nitrogens with one attached hydrogen (secondary N) is 2. The number of halogens is 1. The van der Waals surface area contributed by atoms with Gasteiger partial charge in [0.15, 0.2) is 11.5 Å². The Hall–Kier alpha value is -4.21. The minimum absolute atomic E-state index is 0.363. The zero-order valence-corrected chi connectivity index (χ0v) is 24.5. The molecule has 1 aliphatic rings. The lowest BCUT2D eigenvalue weighted by atomic mass is 10.1. The molecule has 3 aromatic carbocycles. The van der Waals surface area contributed by atoms with E-state index in [9.17, 15) is 4.79 Å². The molecular weight excluding hydrogens is 558 g/mol. The third-order valence-corrected chi connectivity index (χ3v) is 7.12. The van der Waals surface area contributed by atoms with Gasteiger partial charge >= 0.3 is 6.03 Å². The number of benzene rings is 3. The van der Waals surface area contributed by atoms with Crippen molar-refractivity contribution in [1.29, 1.82) is 0 Å². The number of ether oxygens (including phenoxy) is 5. The van der Waals surface area contributed by atoms with Crippen molar-refractivity contribution in [2.75, 3.05) is 44.2 Å². The van der Waals surface area contributed by atoms with Crippen LogP contribution in [-0.4, -0.2) is 44.6 Å². The number of carbonyl (C=O) groups is 1. The summed E-state index contributed by atoms with van der Waals surface area (Å²) in [7, 11) is 1.72. The van der Waals surface area contributed by atoms with Crippen molar-refractivity contribution < 1.29 is 28.5 Å². The average Bonchev–Trinajstić information content (AvgIpc) is 2.99. The monoisotopic (exact) mass is 591 g/mol. The van der Waals surface area contributed by atoms with Crippen LogP contribution in [0, 0.1) is 6.92 Å². The van der Waals surface area contributed by atoms with Gasteiger partial charge in [-0.2, -0.15) is 0 Å². The molecule has 10 heteroatoms. The van der Waals surface area contributed by atoms with Crippen LogP contribution in [0.15, 0.2) is 60.8 Å². The first-order chi connectivity index (χ1) is 20.5. The lowest BCUT2D eigenvalue weighted by Gasteiger charge is -2.23. The molecule has 9 nitrogen and oxygen atoms in total. The standard InChI is InChI=1S/C32H34ClN3O6/c1-21-19-23(9-12-25(21)33)36-32(37)35-22-7-10-24(11-8-22)42-27-13-14-34-26-20-28(39-16-6-4-3-5-15-38-2)30-31(29(26)27)41-18-17-40-30/h7-14,19-20H,3-6,15-18H2,1-2H3,(H2,35,36,37). The number of amides is 2. The Morgan fingerprint density at radius 2 is 1.60 bits per heavy atom. The number of fused-ring (bicyclic) bond motifs is 3. The van der Waals surface area contributed by atoms with Gasteiger partial charge < -0.3 is 34.3 Å². The number of hydrogen-bond donors (Lipinski definition) is 2. The summed E-state index contributed by atoms with van der Waals surface area (Å²) in [6.07, 6.45) is 5.83. The quantitative estimate of drug-likeness (QED) is 0.161. The van der Waals surface area contributed by atoms with Crippen molar-refractivity contribution in [3.05, 3.63) is 71.4 Å². The van der Waals surface area contributed by atoms with E-state index in [0.29, 0.717) is 75.9 Å². The molecule has 0 radical (unpaired) electrons. The second-order valence-electron chi connectivity index (χ2n) is 9.86. The van der Waals surface area contributed by atoms with Crippen LogP contribution in [0.3, 0.4) is 0 Å². The van der Waals surface area contributed by atoms with Gasteiger partial charge in [-0.15, -0.1) is 0 Å². The van der Waals surface area contributed by atoms with Crippen molar-refractivity contribution in [2.45, 2.75) is 32.6 Å². The molecule has 0 fully saturated rings. The smallest absolute Gasteiger partial charge is 0.323 e. The summed E-state index contributed by atoms with van der Waals surface area (Å²) in [6, 6.07) is 15.7. The van der Waals surface area contributed by atoms with Gasteiger partial charge in [0.2, 0.25) is 5.75 Å². The maximum Gasteiger partial charge on any atom is 0.323 e. The predicted molar refractivity (Wildman–Crippen MR) is 164 cm³/mol. The van der Waals surface area contributed by atoms with E-state index in [2.05, 4.69) is 15.6 Å². The largest absolute Gasteiger partial charge is 0.489 e. The molecule has 5 rings (SSSR count). The lowest BCUT2D eigenvalue weighted by Crippen LogP contribution is -2.19. The SMILES string of the molecule is COCCCCCCOc1cc2nccc(Oc3ccc(NC(=O)Nc4ccc(Cl)c(C)c4)cc3)c2c2c1OCCO2. The van der Waals surface area contributed by atoms with E-state index in [1.807, 2.05) is 19.1 Å². The van der Waals surface area contributed by atoms with E-state index in [0.717, 1.165) is 37.9 Å². The number of methoxy groups -OCH3 is 1. The van der Waals surface area contributed by atoms with Crippen molar-refractivity contribution in [3.8, 4) is 28.7 Å². The first-order valence-electron chi connectivity index (χ1n) is 14.0. The topological polar surface area (TPSA) is 100 Å². The van der Waals surface area contributed by atoms with Gasteiger partial charge in [0.25, 0.3) is 0 Å². The van der Waals surface area contributed by atoms with Crippen LogP contribution < -0.4 is 29.6 Å². The summed E-state index contributed by atoms with van der Waals surface area (Å²) in [4.78, 5) is 17.0. The third-order valence-electron chi connectivity index (χ3n) is 6.70. The number of hydrogen-bond acceptors (Lipinski definition) is 7. The van der Waals surface area contributed by atoms with Gasteiger partial charge in [-0.05, 0) is 80.3 Å². The zero-order chi connectivity index (χ0) is 29.3. The van der Waals surface area contributed by atoms with E-state index >= 15 is 0 Å². The maximum atomic E-state index is 12.5. The number of rotatable bonds is 12. The van der Waals surface area contributed by atoms with Crippen molar-refractivity contribution in [1.82, 2.24) is 4.98 Å². The Morgan fingerprint density at radius 3 is 2.36 bits per heavy atom. The molecule has 4 aromatic rings. The molecule has 0 unspecified atom stereocenters. The Bertz CT molecular complexity index is 1530. The van der Waals surface area contributed by atoms with E-state index in [1.165, 1.54) is 0 Å². The third kappa shape index (κ3) is 7.35. The second kappa shape index (κ2) is 14.1. The molecule has 0 aliphatic carbocycles. The van der Waals surface area contributed by atoms with E-state index in [-0.39, 0.29) is 6.03 Å². The summed E-state index contributed by atoms with van der Waals surface area (Å²) >= 11 is 6.07. The first kappa shape index (κ1) is 29.3. The summed E-state index contributed by atoms with van der Waals surface area (Å²) < 4.78 is 29.5. The molecule has 220 valence electrons. The molecule has 42 heavy (non-hydrogen) atoms. The molecular formula is C32H34ClN3O6. The van der Waals surface area contributed by atoms with Gasteiger partial charge in [0, 0.05) is 42.4 Å². The number of unbranched alkanes of at least 4 members (excludes halogenated alkanes) is 3. The van der Waals surface area contributed by atoms with E-state index < -0.39 is 0 Å². The second-order valence-corrected chi connectivity index (χ2v) is 10.3. The summed E-state index contributed by atoms with van der Waals surface area (Å²) in [5.74, 6) is 2.89. The number of aryl methyl sites for hydroxylation is 1. The number of nitrogens with zero attached hydrogens (tertiary/aromatic N) is 1. The van der Waals surface area contributed by atoms with Gasteiger partial charge in [-0.25, -0.2) is 4.79 Å². The zero-order valence-electron chi connectivity index (χ0n) is 23.7. The maximum absolute atomic E-state index is 12.5. The lowest BCUT2D eigenvalue weighted by molar-refractivity contribution is 0.163. The summed E-state index contributed by atoms with van der Waals surface area (Å²) in [6.45, 7) is 4.08. The van der Waals surface area contributed by atoms with Crippen LogP contribution in [0.2, 0.25) is 5.02 Å². The highest BCUT2D eigenvalue weighted by Gasteiger charge is 2.24. The minimum atomic E-state index is -0.363. The van der Waals surface area contributed by atoms with Crippen LogP contribution in [0.1, 0.15) is 31.2 Å². The van der Waals surface area contributed by atoms with Crippen LogP contribution in [0.5, 0.6) is 28.7 Å².